The summed E-state index contributed by atoms with van der Waals surface area (Å²) in [6.07, 6.45) is 1.11. The predicted octanol–water partition coefficient (Wildman–Crippen LogP) is 8.15. The fourth-order valence-corrected chi connectivity index (χ4v) is 6.36. The van der Waals surface area contributed by atoms with Gasteiger partial charge in [0.15, 0.2) is 0 Å². The second-order valence-corrected chi connectivity index (χ2v) is 13.3. The van der Waals surface area contributed by atoms with E-state index in [1.165, 1.54) is 12.5 Å². The van der Waals surface area contributed by atoms with Crippen LogP contribution in [0.2, 0.25) is 0 Å². The van der Waals surface area contributed by atoms with Crippen molar-refractivity contribution < 1.29 is 23.7 Å². The summed E-state index contributed by atoms with van der Waals surface area (Å²) in [6.45, 7) is 13.6. The van der Waals surface area contributed by atoms with Crippen LogP contribution in [-0.4, -0.2) is 24.3 Å². The lowest BCUT2D eigenvalue weighted by Gasteiger charge is -2.20. The highest BCUT2D eigenvalue weighted by molar-refractivity contribution is 7.57. The SMILES string of the molecule is CC(=O)O[C@@H](CCOP(C)(=O)Cc1cc(C)c(Cc2ccc(O)c(C(C)C)c2)c(C)c1)c1cccc(C)c1. The van der Waals surface area contributed by atoms with Crippen molar-refractivity contribution in [3.63, 3.8) is 0 Å². The van der Waals surface area contributed by atoms with Crippen molar-refractivity contribution in [1.29, 1.82) is 0 Å². The number of carbonyl (C=O) groups excluding carboxylic acids is 1. The Morgan fingerprint density at radius 1 is 0.974 bits per heavy atom. The summed E-state index contributed by atoms with van der Waals surface area (Å²) in [5.41, 5.74) is 8.62. The van der Waals surface area contributed by atoms with Crippen molar-refractivity contribution in [2.24, 2.45) is 0 Å². The Hall–Kier alpha value is -2.88. The van der Waals surface area contributed by atoms with Crippen LogP contribution in [0.25, 0.3) is 0 Å². The number of aryl methyl sites for hydroxylation is 3. The van der Waals surface area contributed by atoms with Crippen molar-refractivity contribution >= 4 is 13.3 Å². The molecule has 0 aliphatic heterocycles. The molecule has 0 aliphatic carbocycles. The second kappa shape index (κ2) is 12.8. The third kappa shape index (κ3) is 8.31. The van der Waals surface area contributed by atoms with Crippen LogP contribution in [-0.2, 0) is 31.2 Å². The number of hydrogen-bond donors (Lipinski definition) is 1. The van der Waals surface area contributed by atoms with Crippen LogP contribution in [0.15, 0.2) is 54.6 Å². The number of carbonyl (C=O) groups is 1. The molecule has 0 heterocycles. The molecule has 0 fully saturated rings. The number of hydrogen-bond acceptors (Lipinski definition) is 5. The van der Waals surface area contributed by atoms with Crippen LogP contribution in [0.5, 0.6) is 5.75 Å². The van der Waals surface area contributed by atoms with Gasteiger partial charge in [0.2, 0.25) is 7.37 Å². The molecule has 6 heteroatoms. The minimum atomic E-state index is -2.92. The highest BCUT2D eigenvalue weighted by Gasteiger charge is 2.21. The molecule has 38 heavy (non-hydrogen) atoms. The average Bonchev–Trinajstić information content (AvgIpc) is 2.81. The van der Waals surface area contributed by atoms with Crippen molar-refractivity contribution in [2.45, 2.75) is 72.6 Å². The Labute approximate surface area is 227 Å². The predicted molar refractivity (Wildman–Crippen MR) is 154 cm³/mol. The van der Waals surface area contributed by atoms with Gasteiger partial charge in [-0.3, -0.25) is 9.36 Å². The first-order valence-electron chi connectivity index (χ1n) is 13.2. The zero-order valence-electron chi connectivity index (χ0n) is 23.7. The number of ether oxygens (including phenoxy) is 1. The highest BCUT2D eigenvalue weighted by Crippen LogP contribution is 2.47. The molecule has 204 valence electrons. The maximum Gasteiger partial charge on any atom is 0.303 e. The Morgan fingerprint density at radius 2 is 1.66 bits per heavy atom. The third-order valence-electron chi connectivity index (χ3n) is 6.79. The molecule has 0 spiro atoms. The number of phenolic OH excluding ortho intramolecular Hbond substituents is 1. The van der Waals surface area contributed by atoms with Gasteiger partial charge < -0.3 is 14.4 Å². The summed E-state index contributed by atoms with van der Waals surface area (Å²) >= 11 is 0. The van der Waals surface area contributed by atoms with Gasteiger partial charge in [-0.2, -0.15) is 0 Å². The highest BCUT2D eigenvalue weighted by atomic mass is 31.2. The normalized spacial score (nSPS) is 13.8. The van der Waals surface area contributed by atoms with E-state index in [2.05, 4.69) is 45.9 Å². The van der Waals surface area contributed by atoms with E-state index in [1.54, 1.807) is 12.7 Å². The van der Waals surface area contributed by atoms with Crippen LogP contribution >= 0.6 is 7.37 Å². The zero-order chi connectivity index (χ0) is 28.0. The maximum atomic E-state index is 13.4. The molecule has 0 amide bonds. The maximum absolute atomic E-state index is 13.4. The smallest absolute Gasteiger partial charge is 0.303 e. The molecule has 3 aromatic rings. The van der Waals surface area contributed by atoms with Crippen LogP contribution < -0.4 is 0 Å². The van der Waals surface area contributed by atoms with Gasteiger partial charge >= 0.3 is 5.97 Å². The van der Waals surface area contributed by atoms with Gasteiger partial charge in [-0.05, 0) is 78.1 Å². The lowest BCUT2D eigenvalue weighted by atomic mass is 9.92. The van der Waals surface area contributed by atoms with Gasteiger partial charge in [0.1, 0.15) is 11.9 Å². The molecular formula is C32H41O5P. The topological polar surface area (TPSA) is 72.8 Å². The first-order chi connectivity index (χ1) is 17.8. The summed E-state index contributed by atoms with van der Waals surface area (Å²) < 4.78 is 24.8. The van der Waals surface area contributed by atoms with E-state index < -0.39 is 13.5 Å². The standard InChI is InChI=1S/C32H41O5P/c1-21(2)29-18-26(11-12-31(29)34)19-30-23(4)16-27(17-24(30)5)20-38(7,35)36-14-13-32(37-25(6)33)28-10-8-9-22(3)15-28/h8-12,15-18,21,32,34H,13-14,19-20H2,1-7H3/t32-,38?/m0/s1. The van der Waals surface area contributed by atoms with Crippen molar-refractivity contribution in [3.8, 4) is 5.75 Å². The lowest BCUT2D eigenvalue weighted by Crippen LogP contribution is -2.11. The van der Waals surface area contributed by atoms with Crippen LogP contribution in [0.4, 0.5) is 0 Å². The van der Waals surface area contributed by atoms with E-state index in [9.17, 15) is 14.5 Å². The number of rotatable bonds is 11. The molecule has 5 nitrogen and oxygen atoms in total. The molecule has 3 rings (SSSR count). The molecule has 1 unspecified atom stereocenters. The fraction of sp³-hybridized carbons (Fsp3) is 0.406. The largest absolute Gasteiger partial charge is 0.508 e. The molecule has 0 radical (unpaired) electrons. The summed E-state index contributed by atoms with van der Waals surface area (Å²) in [5, 5.41) is 10.2. The van der Waals surface area contributed by atoms with Gasteiger partial charge in [0.05, 0.1) is 6.61 Å². The molecule has 0 saturated carbocycles. The molecule has 0 saturated heterocycles. The molecule has 1 N–H and O–H groups in total. The number of benzene rings is 3. The van der Waals surface area contributed by atoms with E-state index in [0.29, 0.717) is 18.3 Å². The van der Waals surface area contributed by atoms with Gasteiger partial charge in [-0.1, -0.05) is 67.9 Å². The molecule has 0 aromatic heterocycles. The Kier molecular flexibility index (Phi) is 9.98. The van der Waals surface area contributed by atoms with E-state index in [0.717, 1.165) is 45.4 Å². The van der Waals surface area contributed by atoms with Crippen molar-refractivity contribution in [3.05, 3.63) is 99.1 Å². The van der Waals surface area contributed by atoms with E-state index in [-0.39, 0.29) is 18.5 Å². The first kappa shape index (κ1) is 29.7. The quantitative estimate of drug-likeness (QED) is 0.198. The van der Waals surface area contributed by atoms with E-state index in [1.807, 2.05) is 37.3 Å². The third-order valence-corrected chi connectivity index (χ3v) is 8.46. The number of aromatic hydroxyl groups is 1. The second-order valence-electron chi connectivity index (χ2n) is 10.7. The Morgan fingerprint density at radius 3 is 2.26 bits per heavy atom. The molecule has 0 aliphatic rings. The summed E-state index contributed by atoms with van der Waals surface area (Å²) in [4.78, 5) is 11.7. The van der Waals surface area contributed by atoms with Crippen molar-refractivity contribution in [2.75, 3.05) is 13.3 Å². The fourth-order valence-electron chi connectivity index (χ4n) is 4.93. The minimum Gasteiger partial charge on any atom is -0.508 e. The monoisotopic (exact) mass is 536 g/mol. The minimum absolute atomic E-state index is 0.231. The van der Waals surface area contributed by atoms with Crippen molar-refractivity contribution in [1.82, 2.24) is 0 Å². The molecule has 0 bridgehead atoms. The first-order valence-corrected chi connectivity index (χ1v) is 15.5. The molecular weight excluding hydrogens is 495 g/mol. The zero-order valence-corrected chi connectivity index (χ0v) is 24.6. The lowest BCUT2D eigenvalue weighted by molar-refractivity contribution is -0.147. The van der Waals surface area contributed by atoms with Gasteiger partial charge in [0, 0.05) is 26.2 Å². The number of esters is 1. The van der Waals surface area contributed by atoms with E-state index >= 15 is 0 Å². The summed E-state index contributed by atoms with van der Waals surface area (Å²) in [5.74, 6) is 0.235. The van der Waals surface area contributed by atoms with Gasteiger partial charge in [-0.25, -0.2) is 0 Å². The molecule has 3 aromatic carbocycles. The van der Waals surface area contributed by atoms with Crippen LogP contribution in [0.3, 0.4) is 0 Å². The number of phenols is 1. The summed E-state index contributed by atoms with van der Waals surface area (Å²) in [7, 11) is -2.92. The van der Waals surface area contributed by atoms with Gasteiger partial charge in [-0.15, -0.1) is 0 Å². The Bertz CT molecular complexity index is 1300. The van der Waals surface area contributed by atoms with Crippen LogP contribution in [0, 0.1) is 20.8 Å². The van der Waals surface area contributed by atoms with Crippen LogP contribution in [0.1, 0.15) is 83.7 Å². The molecule has 2 atom stereocenters. The summed E-state index contributed by atoms with van der Waals surface area (Å²) in [6, 6.07) is 17.9. The Balaban J connectivity index is 1.67. The average molecular weight is 537 g/mol. The van der Waals surface area contributed by atoms with E-state index in [4.69, 9.17) is 9.26 Å². The van der Waals surface area contributed by atoms with Gasteiger partial charge in [0.25, 0.3) is 0 Å².